The number of amides is 1. The van der Waals surface area contributed by atoms with E-state index in [1.54, 1.807) is 0 Å². The van der Waals surface area contributed by atoms with Crippen LogP contribution in [-0.4, -0.2) is 46.9 Å². The molecule has 3 heterocycles. The molecular formula is C19H21N5O4S. The lowest BCUT2D eigenvalue weighted by Gasteiger charge is -2.23. The van der Waals surface area contributed by atoms with Gasteiger partial charge in [0.2, 0.25) is 15.9 Å². The number of ether oxygens (including phenoxy) is 1. The summed E-state index contributed by atoms with van der Waals surface area (Å²) in [4.78, 5) is 11.6. The monoisotopic (exact) mass is 415 g/mol. The van der Waals surface area contributed by atoms with Gasteiger partial charge in [0.1, 0.15) is 5.75 Å². The lowest BCUT2D eigenvalue weighted by Crippen LogP contribution is -2.31. The first-order chi connectivity index (χ1) is 13.9. The fourth-order valence-electron chi connectivity index (χ4n) is 3.64. The highest BCUT2D eigenvalue weighted by molar-refractivity contribution is 7.89. The van der Waals surface area contributed by atoms with Gasteiger partial charge in [-0.05, 0) is 43.2 Å². The van der Waals surface area contributed by atoms with E-state index >= 15 is 0 Å². The minimum Gasteiger partial charge on any atom is -0.495 e. The number of carbonyl (C=O) groups excluding carboxylic acids is 1. The summed E-state index contributed by atoms with van der Waals surface area (Å²) in [6.07, 6.45) is 3.21. The molecule has 0 bridgehead atoms. The van der Waals surface area contributed by atoms with Crippen molar-refractivity contribution >= 4 is 27.3 Å². The number of rotatable bonds is 5. The van der Waals surface area contributed by atoms with Crippen LogP contribution in [0, 0.1) is 0 Å². The fraction of sp³-hybridized carbons (Fsp3) is 0.316. The summed E-state index contributed by atoms with van der Waals surface area (Å²) in [5.41, 5.74) is 0.980. The maximum Gasteiger partial charge on any atom is 0.243 e. The van der Waals surface area contributed by atoms with E-state index in [2.05, 4.69) is 15.5 Å². The van der Waals surface area contributed by atoms with Gasteiger partial charge in [0.05, 0.1) is 23.7 Å². The first-order valence-electron chi connectivity index (χ1n) is 9.19. The van der Waals surface area contributed by atoms with Gasteiger partial charge in [-0.15, -0.1) is 10.2 Å². The van der Waals surface area contributed by atoms with Gasteiger partial charge in [-0.1, -0.05) is 6.07 Å². The van der Waals surface area contributed by atoms with Crippen LogP contribution in [0.3, 0.4) is 0 Å². The molecule has 0 aliphatic carbocycles. The van der Waals surface area contributed by atoms with Gasteiger partial charge in [-0.3, -0.25) is 9.20 Å². The van der Waals surface area contributed by atoms with E-state index in [0.717, 1.165) is 6.42 Å². The number of anilines is 1. The van der Waals surface area contributed by atoms with Gasteiger partial charge in [-0.25, -0.2) is 8.42 Å². The van der Waals surface area contributed by atoms with Crippen LogP contribution in [0.15, 0.2) is 47.5 Å². The van der Waals surface area contributed by atoms with Gasteiger partial charge in [0.15, 0.2) is 11.5 Å². The highest BCUT2D eigenvalue weighted by Gasteiger charge is 2.39. The number of methoxy groups -OCH3 is 1. The SMILES string of the molecule is COc1ccc(S(=O)(=O)N2CCCC2c2nnc3ccccn23)cc1NC(C)=O. The summed E-state index contributed by atoms with van der Waals surface area (Å²) in [5, 5.41) is 11.0. The third kappa shape index (κ3) is 3.45. The van der Waals surface area contributed by atoms with Crippen LogP contribution in [0.4, 0.5) is 5.69 Å². The predicted octanol–water partition coefficient (Wildman–Crippen LogP) is 2.22. The molecule has 4 rings (SSSR count). The largest absolute Gasteiger partial charge is 0.495 e. The summed E-state index contributed by atoms with van der Waals surface area (Å²) in [6.45, 7) is 1.74. The Morgan fingerprint density at radius 3 is 2.83 bits per heavy atom. The maximum atomic E-state index is 13.4. The molecular weight excluding hydrogens is 394 g/mol. The van der Waals surface area contributed by atoms with Gasteiger partial charge < -0.3 is 10.1 Å². The smallest absolute Gasteiger partial charge is 0.243 e. The minimum absolute atomic E-state index is 0.0859. The Kier molecular flexibility index (Phi) is 4.97. The Hall–Kier alpha value is -2.98. The molecule has 2 aromatic heterocycles. The number of nitrogens with zero attached hydrogens (tertiary/aromatic N) is 4. The van der Waals surface area contributed by atoms with Crippen molar-refractivity contribution in [1.82, 2.24) is 18.9 Å². The molecule has 1 aromatic carbocycles. The molecule has 1 N–H and O–H groups in total. The van der Waals surface area contributed by atoms with E-state index < -0.39 is 16.1 Å². The van der Waals surface area contributed by atoms with Crippen LogP contribution in [-0.2, 0) is 14.8 Å². The molecule has 1 aliphatic heterocycles. The molecule has 1 fully saturated rings. The van der Waals surface area contributed by atoms with Gasteiger partial charge in [0.25, 0.3) is 0 Å². The van der Waals surface area contributed by atoms with Crippen molar-refractivity contribution in [2.75, 3.05) is 19.0 Å². The Morgan fingerprint density at radius 2 is 2.07 bits per heavy atom. The highest BCUT2D eigenvalue weighted by atomic mass is 32.2. The summed E-state index contributed by atoms with van der Waals surface area (Å²) < 4.78 is 35.3. The zero-order chi connectivity index (χ0) is 20.6. The van der Waals surface area contributed by atoms with Crippen molar-refractivity contribution in [3.8, 4) is 5.75 Å². The van der Waals surface area contributed by atoms with Crippen molar-refractivity contribution in [3.63, 3.8) is 0 Å². The zero-order valence-corrected chi connectivity index (χ0v) is 16.9. The quantitative estimate of drug-likeness (QED) is 0.685. The molecule has 3 aromatic rings. The van der Waals surface area contributed by atoms with E-state index in [1.807, 2.05) is 28.8 Å². The number of nitrogens with one attached hydrogen (secondary N) is 1. The average molecular weight is 415 g/mol. The Balaban J connectivity index is 1.74. The summed E-state index contributed by atoms with van der Waals surface area (Å²) in [7, 11) is -2.36. The second-order valence-electron chi connectivity index (χ2n) is 6.80. The predicted molar refractivity (Wildman–Crippen MR) is 106 cm³/mol. The Bertz CT molecular complexity index is 1170. The molecule has 1 amide bonds. The van der Waals surface area contributed by atoms with Crippen LogP contribution in [0.1, 0.15) is 31.6 Å². The highest BCUT2D eigenvalue weighted by Crippen LogP contribution is 2.37. The molecule has 1 aliphatic rings. The van der Waals surface area contributed by atoms with Crippen LogP contribution in [0.5, 0.6) is 5.75 Å². The van der Waals surface area contributed by atoms with Crippen LogP contribution >= 0.6 is 0 Å². The Morgan fingerprint density at radius 1 is 1.24 bits per heavy atom. The number of carbonyl (C=O) groups is 1. The number of pyridine rings is 1. The van der Waals surface area contributed by atoms with Crippen molar-refractivity contribution in [2.45, 2.75) is 30.7 Å². The topological polar surface area (TPSA) is 106 Å². The molecule has 1 unspecified atom stereocenters. The maximum absolute atomic E-state index is 13.4. The van der Waals surface area contributed by atoms with Gasteiger partial charge in [-0.2, -0.15) is 4.31 Å². The average Bonchev–Trinajstić information content (AvgIpc) is 3.34. The van der Waals surface area contributed by atoms with Crippen molar-refractivity contribution in [1.29, 1.82) is 0 Å². The molecule has 0 saturated carbocycles. The molecule has 29 heavy (non-hydrogen) atoms. The molecule has 10 heteroatoms. The number of hydrogen-bond acceptors (Lipinski definition) is 6. The minimum atomic E-state index is -3.82. The van der Waals surface area contributed by atoms with Gasteiger partial charge in [0, 0.05) is 19.7 Å². The summed E-state index contributed by atoms with van der Waals surface area (Å²) in [5.74, 6) is 0.671. The standard InChI is InChI=1S/C19H21N5O4S/c1-13(25)20-15-12-14(8-9-17(15)28-2)29(26,27)24-11-5-6-16(24)19-22-21-18-7-3-4-10-23(18)19/h3-4,7-10,12,16H,5-6,11H2,1-2H3,(H,20,25). The van der Waals surface area contributed by atoms with Crippen LogP contribution in [0.2, 0.25) is 0 Å². The van der Waals surface area contributed by atoms with Crippen molar-refractivity contribution < 1.29 is 17.9 Å². The number of fused-ring (bicyclic) bond motifs is 1. The van der Waals surface area contributed by atoms with Crippen molar-refractivity contribution in [3.05, 3.63) is 48.4 Å². The molecule has 0 radical (unpaired) electrons. The lowest BCUT2D eigenvalue weighted by molar-refractivity contribution is -0.114. The number of aromatic nitrogens is 3. The first-order valence-corrected chi connectivity index (χ1v) is 10.6. The molecule has 0 spiro atoms. The van der Waals surface area contributed by atoms with Crippen LogP contribution in [0.25, 0.3) is 5.65 Å². The van der Waals surface area contributed by atoms with Gasteiger partial charge >= 0.3 is 0 Å². The summed E-state index contributed by atoms with van der Waals surface area (Å²) in [6, 6.07) is 9.57. The van der Waals surface area contributed by atoms with E-state index in [1.165, 1.54) is 36.5 Å². The first kappa shape index (κ1) is 19.3. The Labute approximate surface area is 168 Å². The number of sulfonamides is 1. The fourth-order valence-corrected chi connectivity index (χ4v) is 5.33. The summed E-state index contributed by atoms with van der Waals surface area (Å²) >= 11 is 0. The zero-order valence-electron chi connectivity index (χ0n) is 16.1. The second kappa shape index (κ2) is 7.45. The van der Waals surface area contributed by atoms with E-state index in [-0.39, 0.29) is 10.8 Å². The lowest BCUT2D eigenvalue weighted by atomic mass is 10.2. The molecule has 1 atom stereocenters. The third-order valence-electron chi connectivity index (χ3n) is 4.93. The van der Waals surface area contributed by atoms with E-state index in [0.29, 0.717) is 35.9 Å². The number of benzene rings is 1. The van der Waals surface area contributed by atoms with Crippen LogP contribution < -0.4 is 10.1 Å². The number of hydrogen-bond donors (Lipinski definition) is 1. The second-order valence-corrected chi connectivity index (χ2v) is 8.69. The normalized spacial score (nSPS) is 17.5. The van der Waals surface area contributed by atoms with Crippen molar-refractivity contribution in [2.24, 2.45) is 0 Å². The molecule has 1 saturated heterocycles. The van der Waals surface area contributed by atoms with E-state index in [4.69, 9.17) is 4.74 Å². The molecule has 9 nitrogen and oxygen atoms in total. The van der Waals surface area contributed by atoms with E-state index in [9.17, 15) is 13.2 Å². The third-order valence-corrected chi connectivity index (χ3v) is 6.83. The molecule has 152 valence electrons.